The standard InChI is InChI=1S/C21H28N2O4.2ClH/c1-25-19-5-3-17(4-6-19)23-13-11-22(12-14-23)15-18(24)16-27-21-9-7-20(26-2)8-10-21;;/h3-10,18,24H,11-16H2,1-2H3;2*1H. The third-order valence-corrected chi connectivity index (χ3v) is 4.78. The van der Waals surface area contributed by atoms with E-state index in [0.717, 1.165) is 43.4 Å². The maximum Gasteiger partial charge on any atom is 0.119 e. The van der Waals surface area contributed by atoms with E-state index in [1.54, 1.807) is 14.2 Å². The first-order chi connectivity index (χ1) is 13.2. The molecule has 1 aliphatic rings. The molecule has 6 nitrogen and oxygen atoms in total. The number of halogens is 2. The van der Waals surface area contributed by atoms with Crippen molar-refractivity contribution in [3.8, 4) is 17.2 Å². The Hall–Kier alpha value is -1.86. The quantitative estimate of drug-likeness (QED) is 0.674. The van der Waals surface area contributed by atoms with Crippen LogP contribution < -0.4 is 19.1 Å². The van der Waals surface area contributed by atoms with E-state index in [-0.39, 0.29) is 31.4 Å². The topological polar surface area (TPSA) is 54.4 Å². The van der Waals surface area contributed by atoms with Crippen LogP contribution in [0.4, 0.5) is 5.69 Å². The van der Waals surface area contributed by atoms with E-state index in [0.29, 0.717) is 6.54 Å². The van der Waals surface area contributed by atoms with E-state index in [1.165, 1.54) is 5.69 Å². The van der Waals surface area contributed by atoms with Gasteiger partial charge in [-0.25, -0.2) is 0 Å². The molecule has 0 aliphatic carbocycles. The minimum Gasteiger partial charge on any atom is -0.497 e. The Bertz CT molecular complexity index is 693. The Morgan fingerprint density at radius 1 is 0.793 bits per heavy atom. The molecule has 1 fully saturated rings. The summed E-state index contributed by atoms with van der Waals surface area (Å²) in [4.78, 5) is 4.64. The molecular formula is C21H30Cl2N2O4. The summed E-state index contributed by atoms with van der Waals surface area (Å²) in [6.07, 6.45) is -0.514. The number of rotatable bonds is 8. The summed E-state index contributed by atoms with van der Waals surface area (Å²) in [6, 6.07) is 15.5. The molecule has 1 unspecified atom stereocenters. The second kappa shape index (κ2) is 12.6. The molecule has 8 heteroatoms. The summed E-state index contributed by atoms with van der Waals surface area (Å²) in [5.74, 6) is 2.40. The predicted molar refractivity (Wildman–Crippen MR) is 121 cm³/mol. The predicted octanol–water partition coefficient (Wildman–Crippen LogP) is 3.11. The van der Waals surface area contributed by atoms with Crippen LogP contribution in [0.25, 0.3) is 0 Å². The van der Waals surface area contributed by atoms with Gasteiger partial charge in [0.2, 0.25) is 0 Å². The van der Waals surface area contributed by atoms with Crippen molar-refractivity contribution in [1.82, 2.24) is 4.90 Å². The van der Waals surface area contributed by atoms with Crippen molar-refractivity contribution < 1.29 is 19.3 Å². The number of ether oxygens (including phenoxy) is 3. The minimum atomic E-state index is -0.514. The first kappa shape index (κ1) is 25.2. The molecule has 0 aromatic heterocycles. The SMILES string of the molecule is COc1ccc(OCC(O)CN2CCN(c3ccc(OC)cc3)CC2)cc1.Cl.Cl. The molecule has 0 spiro atoms. The summed E-state index contributed by atoms with van der Waals surface area (Å²) >= 11 is 0. The van der Waals surface area contributed by atoms with E-state index < -0.39 is 6.10 Å². The Kier molecular flexibility index (Phi) is 11.0. The lowest BCUT2D eigenvalue weighted by Crippen LogP contribution is -2.49. The van der Waals surface area contributed by atoms with Gasteiger partial charge in [0.25, 0.3) is 0 Å². The number of benzene rings is 2. The monoisotopic (exact) mass is 444 g/mol. The van der Waals surface area contributed by atoms with Crippen LogP contribution in [0.1, 0.15) is 0 Å². The fourth-order valence-electron chi connectivity index (χ4n) is 3.20. The van der Waals surface area contributed by atoms with Crippen molar-refractivity contribution in [2.75, 3.05) is 58.5 Å². The van der Waals surface area contributed by atoms with Crippen molar-refractivity contribution >= 4 is 30.5 Å². The molecule has 0 saturated carbocycles. The molecule has 3 rings (SSSR count). The van der Waals surface area contributed by atoms with Gasteiger partial charge in [0.1, 0.15) is 30.0 Å². The summed E-state index contributed by atoms with van der Waals surface area (Å²) in [6.45, 7) is 4.63. The zero-order chi connectivity index (χ0) is 19.1. The van der Waals surface area contributed by atoms with Crippen molar-refractivity contribution in [3.05, 3.63) is 48.5 Å². The molecule has 0 amide bonds. The van der Waals surface area contributed by atoms with Gasteiger partial charge in [-0.3, -0.25) is 4.90 Å². The normalized spacial score (nSPS) is 14.9. The number of piperazine rings is 1. The number of hydrogen-bond acceptors (Lipinski definition) is 6. The summed E-state index contributed by atoms with van der Waals surface area (Å²) in [7, 11) is 3.31. The largest absolute Gasteiger partial charge is 0.497 e. The summed E-state index contributed by atoms with van der Waals surface area (Å²) in [5, 5.41) is 10.3. The van der Waals surface area contributed by atoms with E-state index in [1.807, 2.05) is 36.4 Å². The Morgan fingerprint density at radius 2 is 1.28 bits per heavy atom. The van der Waals surface area contributed by atoms with Gasteiger partial charge in [0.15, 0.2) is 0 Å². The second-order valence-electron chi connectivity index (χ2n) is 6.63. The van der Waals surface area contributed by atoms with Crippen LogP contribution in [0.2, 0.25) is 0 Å². The number of nitrogens with zero attached hydrogens (tertiary/aromatic N) is 2. The maximum absolute atomic E-state index is 10.3. The number of aliphatic hydroxyl groups excluding tert-OH is 1. The lowest BCUT2D eigenvalue weighted by Gasteiger charge is -2.36. The molecule has 1 heterocycles. The molecule has 1 atom stereocenters. The smallest absolute Gasteiger partial charge is 0.119 e. The molecule has 0 radical (unpaired) electrons. The average molecular weight is 445 g/mol. The van der Waals surface area contributed by atoms with Crippen molar-refractivity contribution in [3.63, 3.8) is 0 Å². The fraction of sp³-hybridized carbons (Fsp3) is 0.429. The highest BCUT2D eigenvalue weighted by atomic mass is 35.5. The van der Waals surface area contributed by atoms with Crippen molar-refractivity contribution in [2.45, 2.75) is 6.10 Å². The third-order valence-electron chi connectivity index (χ3n) is 4.78. The van der Waals surface area contributed by atoms with Gasteiger partial charge in [0.05, 0.1) is 14.2 Å². The van der Waals surface area contributed by atoms with Crippen LogP contribution in [-0.4, -0.2) is 69.7 Å². The fourth-order valence-corrected chi connectivity index (χ4v) is 3.20. The zero-order valence-electron chi connectivity index (χ0n) is 16.8. The molecule has 1 N–H and O–H groups in total. The van der Waals surface area contributed by atoms with Gasteiger partial charge >= 0.3 is 0 Å². The molecule has 1 aliphatic heterocycles. The molecular weight excluding hydrogens is 415 g/mol. The maximum atomic E-state index is 10.3. The number of aliphatic hydroxyl groups is 1. The van der Waals surface area contributed by atoms with Crippen LogP contribution in [0.5, 0.6) is 17.2 Å². The van der Waals surface area contributed by atoms with Gasteiger partial charge in [0, 0.05) is 38.4 Å². The first-order valence-corrected chi connectivity index (χ1v) is 9.24. The molecule has 2 aromatic rings. The highest BCUT2D eigenvalue weighted by Crippen LogP contribution is 2.21. The zero-order valence-corrected chi connectivity index (χ0v) is 18.5. The lowest BCUT2D eigenvalue weighted by atomic mass is 10.2. The van der Waals surface area contributed by atoms with Crippen LogP contribution in [-0.2, 0) is 0 Å². The van der Waals surface area contributed by atoms with Crippen LogP contribution in [0.3, 0.4) is 0 Å². The second-order valence-corrected chi connectivity index (χ2v) is 6.63. The van der Waals surface area contributed by atoms with E-state index >= 15 is 0 Å². The summed E-state index contributed by atoms with van der Waals surface area (Å²) < 4.78 is 16.0. The lowest BCUT2D eigenvalue weighted by molar-refractivity contribution is 0.0663. The Balaban J connectivity index is 0.00000210. The van der Waals surface area contributed by atoms with Crippen LogP contribution >= 0.6 is 24.8 Å². The number of methoxy groups -OCH3 is 2. The summed E-state index contributed by atoms with van der Waals surface area (Å²) in [5.41, 5.74) is 1.21. The van der Waals surface area contributed by atoms with Gasteiger partial charge in [-0.05, 0) is 48.5 Å². The average Bonchev–Trinajstić information content (AvgIpc) is 2.73. The molecule has 1 saturated heterocycles. The van der Waals surface area contributed by atoms with Crippen molar-refractivity contribution in [2.24, 2.45) is 0 Å². The van der Waals surface area contributed by atoms with E-state index in [2.05, 4.69) is 21.9 Å². The van der Waals surface area contributed by atoms with Gasteiger partial charge in [-0.15, -0.1) is 24.8 Å². The van der Waals surface area contributed by atoms with E-state index in [4.69, 9.17) is 14.2 Å². The van der Waals surface area contributed by atoms with E-state index in [9.17, 15) is 5.11 Å². The van der Waals surface area contributed by atoms with Crippen LogP contribution in [0, 0.1) is 0 Å². The van der Waals surface area contributed by atoms with Gasteiger partial charge in [-0.2, -0.15) is 0 Å². The Morgan fingerprint density at radius 3 is 1.79 bits per heavy atom. The minimum absolute atomic E-state index is 0. The highest BCUT2D eigenvalue weighted by molar-refractivity contribution is 5.85. The molecule has 2 aromatic carbocycles. The van der Waals surface area contributed by atoms with Crippen molar-refractivity contribution in [1.29, 1.82) is 0 Å². The number of anilines is 1. The van der Waals surface area contributed by atoms with Gasteiger partial charge in [-0.1, -0.05) is 0 Å². The number of β-amino-alcohol motifs (C(OH)–C–C–N with tert-alkyl or cyclic N) is 1. The number of hydrogen-bond donors (Lipinski definition) is 1. The van der Waals surface area contributed by atoms with Gasteiger partial charge < -0.3 is 24.2 Å². The Labute approximate surface area is 185 Å². The molecule has 29 heavy (non-hydrogen) atoms. The first-order valence-electron chi connectivity index (χ1n) is 9.24. The molecule has 0 bridgehead atoms. The molecule has 162 valence electrons. The highest BCUT2D eigenvalue weighted by Gasteiger charge is 2.19. The third kappa shape index (κ3) is 7.48. The van der Waals surface area contributed by atoms with Crippen LogP contribution in [0.15, 0.2) is 48.5 Å².